The number of para-hydroxylation sites is 1. The van der Waals surface area contributed by atoms with Crippen LogP contribution in [0, 0.1) is 29.5 Å². The third-order valence-corrected chi connectivity index (χ3v) is 7.16. The highest BCUT2D eigenvalue weighted by Gasteiger charge is 2.58. The molecule has 2 saturated heterocycles. The van der Waals surface area contributed by atoms with Crippen molar-refractivity contribution in [2.45, 2.75) is 19.3 Å². The number of allylic oxidation sites excluding steroid dienone is 2. The number of fused-ring (bicyclic) bond motifs is 5. The smallest absolute Gasteiger partial charge is 0.233 e. The van der Waals surface area contributed by atoms with Crippen LogP contribution in [0.5, 0.6) is 0 Å². The molecule has 5 rings (SSSR count). The third kappa shape index (κ3) is 3.11. The van der Waals surface area contributed by atoms with Crippen LogP contribution in [0.25, 0.3) is 0 Å². The van der Waals surface area contributed by atoms with Gasteiger partial charge in [0.25, 0.3) is 0 Å². The first kappa shape index (κ1) is 19.3. The van der Waals surface area contributed by atoms with Crippen LogP contribution in [0.2, 0.25) is 0 Å². The van der Waals surface area contributed by atoms with Crippen molar-refractivity contribution in [3.63, 3.8) is 0 Å². The zero-order valence-electron chi connectivity index (χ0n) is 16.9. The van der Waals surface area contributed by atoms with E-state index in [1.807, 2.05) is 11.0 Å². The van der Waals surface area contributed by atoms with E-state index in [1.165, 1.54) is 11.0 Å². The minimum Gasteiger partial charge on any atom is -0.366 e. The SMILES string of the molecule is O=C(CCCN1C(=O)[C@@H]2[C@H](C1=O)[C@H]1C=C[C@H]2C1)N1CCN(c2ccccc2F)CC1. The van der Waals surface area contributed by atoms with Crippen molar-refractivity contribution >= 4 is 23.4 Å². The van der Waals surface area contributed by atoms with Crippen molar-refractivity contribution in [2.75, 3.05) is 37.6 Å². The summed E-state index contributed by atoms with van der Waals surface area (Å²) in [5, 5.41) is 0. The van der Waals surface area contributed by atoms with E-state index < -0.39 is 0 Å². The quantitative estimate of drug-likeness (QED) is 0.550. The molecule has 158 valence electrons. The summed E-state index contributed by atoms with van der Waals surface area (Å²) in [4.78, 5) is 43.1. The molecule has 4 atom stereocenters. The van der Waals surface area contributed by atoms with Crippen LogP contribution in [0.4, 0.5) is 10.1 Å². The van der Waals surface area contributed by atoms with Crippen LogP contribution >= 0.6 is 0 Å². The maximum absolute atomic E-state index is 14.0. The first-order valence-electron chi connectivity index (χ1n) is 10.9. The van der Waals surface area contributed by atoms with Crippen molar-refractivity contribution in [1.82, 2.24) is 9.80 Å². The highest BCUT2D eigenvalue weighted by atomic mass is 19.1. The Morgan fingerprint density at radius 2 is 1.60 bits per heavy atom. The van der Waals surface area contributed by atoms with Crippen LogP contribution in [-0.2, 0) is 14.4 Å². The number of halogens is 1. The van der Waals surface area contributed by atoms with Crippen LogP contribution < -0.4 is 4.90 Å². The van der Waals surface area contributed by atoms with E-state index in [0.717, 1.165) is 6.42 Å². The first-order valence-corrected chi connectivity index (χ1v) is 10.9. The third-order valence-electron chi connectivity index (χ3n) is 7.16. The van der Waals surface area contributed by atoms with E-state index in [1.54, 1.807) is 17.0 Å². The zero-order chi connectivity index (χ0) is 20.8. The van der Waals surface area contributed by atoms with Crippen LogP contribution in [0.1, 0.15) is 19.3 Å². The molecule has 4 aliphatic rings. The summed E-state index contributed by atoms with van der Waals surface area (Å²) >= 11 is 0. The molecule has 1 aromatic carbocycles. The van der Waals surface area contributed by atoms with Gasteiger partial charge in [-0.1, -0.05) is 24.3 Å². The Bertz CT molecular complexity index is 879. The summed E-state index contributed by atoms with van der Waals surface area (Å²) in [6, 6.07) is 6.69. The summed E-state index contributed by atoms with van der Waals surface area (Å²) in [6.07, 6.45) is 5.91. The number of carbonyl (C=O) groups is 3. The predicted molar refractivity (Wildman–Crippen MR) is 109 cm³/mol. The number of imide groups is 1. The molecule has 2 aliphatic carbocycles. The molecular formula is C23H26FN3O3. The number of hydrogen-bond donors (Lipinski definition) is 0. The maximum atomic E-state index is 14.0. The molecule has 3 fully saturated rings. The molecule has 30 heavy (non-hydrogen) atoms. The Balaban J connectivity index is 1.10. The van der Waals surface area contributed by atoms with Gasteiger partial charge in [-0.2, -0.15) is 0 Å². The van der Waals surface area contributed by atoms with E-state index in [4.69, 9.17) is 0 Å². The number of likely N-dealkylation sites (tertiary alicyclic amines) is 1. The second kappa shape index (κ2) is 7.52. The van der Waals surface area contributed by atoms with Gasteiger partial charge < -0.3 is 9.80 Å². The molecule has 7 heteroatoms. The second-order valence-corrected chi connectivity index (χ2v) is 8.75. The first-order chi connectivity index (χ1) is 14.5. The van der Waals surface area contributed by atoms with Crippen LogP contribution in [0.3, 0.4) is 0 Å². The molecule has 2 bridgehead atoms. The Hall–Kier alpha value is -2.70. The maximum Gasteiger partial charge on any atom is 0.233 e. The number of benzene rings is 1. The molecule has 1 aromatic rings. The molecule has 6 nitrogen and oxygen atoms in total. The Kier molecular flexibility index (Phi) is 4.83. The molecule has 0 unspecified atom stereocenters. The highest BCUT2D eigenvalue weighted by molar-refractivity contribution is 6.06. The van der Waals surface area contributed by atoms with Crippen molar-refractivity contribution < 1.29 is 18.8 Å². The number of anilines is 1. The molecule has 2 heterocycles. The minimum absolute atomic E-state index is 0.0317. The van der Waals surface area contributed by atoms with Gasteiger partial charge in [0.2, 0.25) is 17.7 Å². The molecule has 0 spiro atoms. The lowest BCUT2D eigenvalue weighted by Gasteiger charge is -2.36. The summed E-state index contributed by atoms with van der Waals surface area (Å²) in [5.74, 6) is -0.220. The molecule has 0 N–H and O–H groups in total. The van der Waals surface area contributed by atoms with E-state index in [2.05, 4.69) is 12.2 Å². The average Bonchev–Trinajstić information content (AvgIpc) is 3.44. The van der Waals surface area contributed by atoms with E-state index in [9.17, 15) is 18.8 Å². The average molecular weight is 411 g/mol. The normalized spacial score (nSPS) is 29.8. The molecule has 3 amide bonds. The summed E-state index contributed by atoms with van der Waals surface area (Å²) < 4.78 is 14.0. The number of rotatable bonds is 5. The second-order valence-electron chi connectivity index (χ2n) is 8.75. The van der Waals surface area contributed by atoms with Gasteiger partial charge in [0, 0.05) is 39.1 Å². The van der Waals surface area contributed by atoms with Gasteiger partial charge in [-0.25, -0.2) is 4.39 Å². The largest absolute Gasteiger partial charge is 0.366 e. The van der Waals surface area contributed by atoms with Gasteiger partial charge in [0.05, 0.1) is 17.5 Å². The lowest BCUT2D eigenvalue weighted by Crippen LogP contribution is -2.49. The summed E-state index contributed by atoms with van der Waals surface area (Å²) in [7, 11) is 0. The number of hydrogen-bond acceptors (Lipinski definition) is 4. The van der Waals surface area contributed by atoms with E-state index >= 15 is 0 Å². The van der Waals surface area contributed by atoms with E-state index in [0.29, 0.717) is 51.3 Å². The lowest BCUT2D eigenvalue weighted by atomic mass is 9.85. The van der Waals surface area contributed by atoms with Gasteiger partial charge in [-0.05, 0) is 36.8 Å². The van der Waals surface area contributed by atoms with Crippen molar-refractivity contribution in [1.29, 1.82) is 0 Å². The molecule has 1 saturated carbocycles. The Labute approximate surface area is 175 Å². The predicted octanol–water partition coefficient (Wildman–Crippen LogP) is 2.06. The molecule has 0 aromatic heterocycles. The van der Waals surface area contributed by atoms with Crippen molar-refractivity contribution in [3.05, 3.63) is 42.2 Å². The Morgan fingerprint density at radius 3 is 2.23 bits per heavy atom. The van der Waals surface area contributed by atoms with Gasteiger partial charge in [0.1, 0.15) is 5.82 Å². The van der Waals surface area contributed by atoms with Gasteiger partial charge >= 0.3 is 0 Å². The monoisotopic (exact) mass is 411 g/mol. The zero-order valence-corrected chi connectivity index (χ0v) is 16.9. The highest BCUT2D eigenvalue weighted by Crippen LogP contribution is 2.52. The Morgan fingerprint density at radius 1 is 0.967 bits per heavy atom. The number of amides is 3. The van der Waals surface area contributed by atoms with Gasteiger partial charge in [-0.3, -0.25) is 19.3 Å². The summed E-state index contributed by atoms with van der Waals surface area (Å²) in [6.45, 7) is 2.61. The fourth-order valence-corrected chi connectivity index (χ4v) is 5.64. The van der Waals surface area contributed by atoms with Crippen LogP contribution in [0.15, 0.2) is 36.4 Å². The lowest BCUT2D eigenvalue weighted by molar-refractivity contribution is -0.141. The van der Waals surface area contributed by atoms with Crippen molar-refractivity contribution in [3.8, 4) is 0 Å². The standard InChI is InChI=1S/C23H26FN3O3/c24-17-4-1-2-5-18(17)25-10-12-26(13-11-25)19(28)6-3-9-27-22(29)20-15-7-8-16(14-15)21(20)23(27)30/h1-2,4-5,7-8,15-16,20-21H,3,6,9-14H2/t15-,16-,20-,21+/m0/s1. The topological polar surface area (TPSA) is 60.9 Å². The fraction of sp³-hybridized carbons (Fsp3) is 0.522. The molecule has 0 radical (unpaired) electrons. The number of carbonyl (C=O) groups excluding carboxylic acids is 3. The molecule has 2 aliphatic heterocycles. The summed E-state index contributed by atoms with van der Waals surface area (Å²) in [5.41, 5.74) is 0.574. The van der Waals surface area contributed by atoms with Gasteiger partial charge in [0.15, 0.2) is 0 Å². The van der Waals surface area contributed by atoms with Gasteiger partial charge in [-0.15, -0.1) is 0 Å². The molecular weight excluding hydrogens is 385 g/mol. The number of piperazine rings is 1. The van der Waals surface area contributed by atoms with Crippen LogP contribution in [-0.4, -0.2) is 60.2 Å². The van der Waals surface area contributed by atoms with E-state index in [-0.39, 0.29) is 47.2 Å². The number of nitrogens with zero attached hydrogens (tertiary/aromatic N) is 3. The fourth-order valence-electron chi connectivity index (χ4n) is 5.64. The minimum atomic E-state index is -0.245. The van der Waals surface area contributed by atoms with Crippen molar-refractivity contribution in [2.24, 2.45) is 23.7 Å².